The van der Waals surface area contributed by atoms with Crippen LogP contribution in [-0.4, -0.2) is 93.5 Å². The number of aliphatic carboxylic acids is 3. The summed E-state index contributed by atoms with van der Waals surface area (Å²) in [6.07, 6.45) is -2.28. The molecule has 0 saturated heterocycles. The van der Waals surface area contributed by atoms with Gasteiger partial charge in [-0.3, -0.25) is 33.8 Å². The first-order valence-corrected chi connectivity index (χ1v) is 11.8. The minimum absolute atomic E-state index is 0.0389. The van der Waals surface area contributed by atoms with Gasteiger partial charge in [0, 0.05) is 25.8 Å². The number of carbonyl (C=O) groups excluding carboxylic acids is 4. The lowest BCUT2D eigenvalue weighted by atomic mass is 10.1. The number of amides is 4. The summed E-state index contributed by atoms with van der Waals surface area (Å²) in [6.45, 7) is 0.0389. The highest BCUT2D eigenvalue weighted by molar-refractivity contribution is 5.94. The SMILES string of the molecule is NC(=O)CCC(N)C(=O)NC(CCC(=O)O)C(=O)NC(CCCN=C(N)N)C(=O)NC(CCC(=O)O)C(=O)O. The molecule has 18 nitrogen and oxygen atoms in total. The van der Waals surface area contributed by atoms with E-state index in [1.165, 1.54) is 0 Å². The van der Waals surface area contributed by atoms with Gasteiger partial charge in [-0.25, -0.2) is 4.79 Å². The fourth-order valence-electron chi connectivity index (χ4n) is 3.09. The number of carboxylic acids is 3. The van der Waals surface area contributed by atoms with Crippen LogP contribution in [0.5, 0.6) is 0 Å². The summed E-state index contributed by atoms with van der Waals surface area (Å²) in [6, 6.07) is -5.70. The minimum Gasteiger partial charge on any atom is -0.481 e. The molecular formula is C21H36N8O10. The lowest BCUT2D eigenvalue weighted by Gasteiger charge is -2.25. The number of hydrogen-bond donors (Lipinski definition) is 10. The van der Waals surface area contributed by atoms with Crippen LogP contribution >= 0.6 is 0 Å². The molecule has 39 heavy (non-hydrogen) atoms. The Morgan fingerprint density at radius 2 is 1.10 bits per heavy atom. The Bertz CT molecular complexity index is 938. The normalized spacial score (nSPS) is 13.6. The zero-order valence-electron chi connectivity index (χ0n) is 21.1. The Morgan fingerprint density at radius 3 is 1.56 bits per heavy atom. The van der Waals surface area contributed by atoms with Gasteiger partial charge in [-0.15, -0.1) is 0 Å². The van der Waals surface area contributed by atoms with Crippen LogP contribution in [0.25, 0.3) is 0 Å². The zero-order chi connectivity index (χ0) is 30.1. The summed E-state index contributed by atoms with van der Waals surface area (Å²) < 4.78 is 0. The number of primary amides is 1. The van der Waals surface area contributed by atoms with Crippen molar-refractivity contribution in [3.05, 3.63) is 0 Å². The van der Waals surface area contributed by atoms with E-state index in [2.05, 4.69) is 20.9 Å². The molecule has 0 aromatic rings. The molecule has 0 aromatic heterocycles. The average molecular weight is 561 g/mol. The molecule has 18 heteroatoms. The van der Waals surface area contributed by atoms with Crippen molar-refractivity contribution >= 4 is 47.5 Å². The maximum absolute atomic E-state index is 13.0. The lowest BCUT2D eigenvalue weighted by Crippen LogP contribution is -2.57. The second-order valence-electron chi connectivity index (χ2n) is 8.45. The van der Waals surface area contributed by atoms with Gasteiger partial charge in [0.15, 0.2) is 5.96 Å². The number of carbonyl (C=O) groups is 7. The van der Waals surface area contributed by atoms with Crippen molar-refractivity contribution in [2.75, 3.05) is 6.54 Å². The fourth-order valence-corrected chi connectivity index (χ4v) is 3.09. The molecule has 0 aromatic carbocycles. The fraction of sp³-hybridized carbons (Fsp3) is 0.619. The highest BCUT2D eigenvalue weighted by Crippen LogP contribution is 2.06. The molecule has 0 aliphatic carbocycles. The first kappa shape index (κ1) is 34.5. The molecule has 4 atom stereocenters. The molecule has 0 rings (SSSR count). The Labute approximate surface area is 222 Å². The van der Waals surface area contributed by atoms with Crippen molar-refractivity contribution in [3.63, 3.8) is 0 Å². The quantitative estimate of drug-likeness (QED) is 0.0385. The van der Waals surface area contributed by atoms with Crippen LogP contribution < -0.4 is 38.9 Å². The molecular weight excluding hydrogens is 524 g/mol. The van der Waals surface area contributed by atoms with E-state index >= 15 is 0 Å². The summed E-state index contributed by atoms with van der Waals surface area (Å²) >= 11 is 0. The third-order valence-corrected chi connectivity index (χ3v) is 5.16. The van der Waals surface area contributed by atoms with Crippen LogP contribution in [0.1, 0.15) is 51.4 Å². The maximum atomic E-state index is 13.0. The number of nitrogens with one attached hydrogen (secondary N) is 3. The number of aliphatic imine (C=N–C) groups is 1. The van der Waals surface area contributed by atoms with Gasteiger partial charge < -0.3 is 54.2 Å². The molecule has 0 spiro atoms. The van der Waals surface area contributed by atoms with Crippen molar-refractivity contribution < 1.29 is 48.9 Å². The van der Waals surface area contributed by atoms with E-state index in [0.717, 1.165) is 0 Å². The highest BCUT2D eigenvalue weighted by Gasteiger charge is 2.30. The first-order valence-electron chi connectivity index (χ1n) is 11.8. The summed E-state index contributed by atoms with van der Waals surface area (Å²) in [4.78, 5) is 86.3. The van der Waals surface area contributed by atoms with Crippen LogP contribution in [0, 0.1) is 0 Å². The molecule has 0 heterocycles. The minimum atomic E-state index is -1.59. The van der Waals surface area contributed by atoms with E-state index in [9.17, 15) is 38.7 Å². The Balaban J connectivity index is 5.72. The summed E-state index contributed by atoms with van der Waals surface area (Å²) in [5.74, 6) is -7.86. The number of carboxylic acid groups (broad SMARTS) is 3. The Kier molecular flexibility index (Phi) is 15.8. The second kappa shape index (κ2) is 17.9. The number of nitrogens with zero attached hydrogens (tertiary/aromatic N) is 1. The average Bonchev–Trinajstić information content (AvgIpc) is 2.83. The molecule has 0 bridgehead atoms. The van der Waals surface area contributed by atoms with Crippen molar-refractivity contribution in [2.24, 2.45) is 27.9 Å². The third kappa shape index (κ3) is 16.1. The molecule has 4 unspecified atom stereocenters. The van der Waals surface area contributed by atoms with Crippen LogP contribution in [0.3, 0.4) is 0 Å². The van der Waals surface area contributed by atoms with E-state index in [-0.39, 0.29) is 38.2 Å². The largest absolute Gasteiger partial charge is 0.481 e. The van der Waals surface area contributed by atoms with Gasteiger partial charge in [-0.05, 0) is 32.1 Å². The van der Waals surface area contributed by atoms with Crippen molar-refractivity contribution in [1.29, 1.82) is 0 Å². The van der Waals surface area contributed by atoms with Gasteiger partial charge >= 0.3 is 17.9 Å². The molecule has 14 N–H and O–H groups in total. The van der Waals surface area contributed by atoms with Crippen molar-refractivity contribution in [2.45, 2.75) is 75.5 Å². The van der Waals surface area contributed by atoms with Gasteiger partial charge in [0.2, 0.25) is 23.6 Å². The highest BCUT2D eigenvalue weighted by atomic mass is 16.4. The van der Waals surface area contributed by atoms with Crippen LogP contribution in [0.2, 0.25) is 0 Å². The molecule has 0 saturated carbocycles. The van der Waals surface area contributed by atoms with Gasteiger partial charge in [0.1, 0.15) is 18.1 Å². The smallest absolute Gasteiger partial charge is 0.326 e. The Hall–Kier alpha value is -4.48. The van der Waals surface area contributed by atoms with Crippen LogP contribution in [-0.2, 0) is 33.6 Å². The number of nitrogens with two attached hydrogens (primary N) is 4. The summed E-state index contributed by atoms with van der Waals surface area (Å²) in [5, 5.41) is 33.9. The predicted octanol–water partition coefficient (Wildman–Crippen LogP) is -4.10. The van der Waals surface area contributed by atoms with E-state index in [1.54, 1.807) is 0 Å². The van der Waals surface area contributed by atoms with Gasteiger partial charge in [0.25, 0.3) is 0 Å². The molecule has 0 fully saturated rings. The van der Waals surface area contributed by atoms with E-state index < -0.39 is 91.4 Å². The third-order valence-electron chi connectivity index (χ3n) is 5.16. The maximum Gasteiger partial charge on any atom is 0.326 e. The van der Waals surface area contributed by atoms with Crippen molar-refractivity contribution in [3.8, 4) is 0 Å². The van der Waals surface area contributed by atoms with Gasteiger partial charge in [-0.1, -0.05) is 0 Å². The number of hydrogen-bond acceptors (Lipinski definition) is 9. The van der Waals surface area contributed by atoms with Crippen LogP contribution in [0.4, 0.5) is 0 Å². The molecule has 0 aliphatic heterocycles. The van der Waals surface area contributed by atoms with Crippen molar-refractivity contribution in [1.82, 2.24) is 16.0 Å². The lowest BCUT2D eigenvalue weighted by molar-refractivity contribution is -0.143. The van der Waals surface area contributed by atoms with E-state index in [1.807, 2.05) is 0 Å². The summed E-state index contributed by atoms with van der Waals surface area (Å²) in [7, 11) is 0. The first-order chi connectivity index (χ1) is 18.1. The summed E-state index contributed by atoms with van der Waals surface area (Å²) in [5.41, 5.74) is 21.2. The van der Waals surface area contributed by atoms with Gasteiger partial charge in [0.05, 0.1) is 6.04 Å². The zero-order valence-corrected chi connectivity index (χ0v) is 21.1. The van der Waals surface area contributed by atoms with E-state index in [0.29, 0.717) is 0 Å². The monoisotopic (exact) mass is 560 g/mol. The topological polar surface area (TPSA) is 333 Å². The standard InChI is InChI=1S/C21H36N8O10/c22-10(3-6-14(23)30)17(35)27-12(4-7-15(31)32)19(37)28-11(2-1-9-26-21(24)25)18(36)29-13(20(38)39)5-8-16(33)34/h10-13H,1-9,22H2,(H2,23,30)(H,27,35)(H,28,37)(H,29,36)(H,31,32)(H,33,34)(H,38,39)(H4,24,25,26). The number of guanidine groups is 1. The molecule has 0 radical (unpaired) electrons. The molecule has 4 amide bonds. The number of rotatable bonds is 20. The second-order valence-corrected chi connectivity index (χ2v) is 8.45. The molecule has 0 aliphatic rings. The van der Waals surface area contributed by atoms with E-state index in [4.69, 9.17) is 33.1 Å². The predicted molar refractivity (Wildman–Crippen MR) is 133 cm³/mol. The van der Waals surface area contributed by atoms with Gasteiger partial charge in [-0.2, -0.15) is 0 Å². The Morgan fingerprint density at radius 1 is 0.641 bits per heavy atom. The molecule has 220 valence electrons. The van der Waals surface area contributed by atoms with Crippen LogP contribution in [0.15, 0.2) is 4.99 Å².